The molecule has 1 aliphatic carbocycles. The predicted molar refractivity (Wildman–Crippen MR) is 50.3 cm³/mol. The lowest BCUT2D eigenvalue weighted by atomic mass is 10.4. The molecule has 0 spiro atoms. The molecule has 0 aromatic carbocycles. The number of hydrogen-bond donors (Lipinski definition) is 1. The normalized spacial score (nSPS) is 18.8. The summed E-state index contributed by atoms with van der Waals surface area (Å²) in [5.41, 5.74) is 0. The Labute approximate surface area is 81.0 Å². The molecule has 0 aromatic heterocycles. The fraction of sp³-hybridized carbons (Fsp3) is 0.875. The highest BCUT2D eigenvalue weighted by Crippen LogP contribution is 2.27. The van der Waals surface area contributed by atoms with Crippen LogP contribution in [0.5, 0.6) is 0 Å². The van der Waals surface area contributed by atoms with Gasteiger partial charge >= 0.3 is 5.97 Å². The quantitative estimate of drug-likeness (QED) is 0.569. The summed E-state index contributed by atoms with van der Waals surface area (Å²) in [5.74, 6) is 0.639. The van der Waals surface area contributed by atoms with Gasteiger partial charge in [-0.05, 0) is 25.3 Å². The van der Waals surface area contributed by atoms with Crippen LogP contribution in [-0.4, -0.2) is 31.0 Å². The summed E-state index contributed by atoms with van der Waals surface area (Å²) in [6.07, 6.45) is 2.66. The molecule has 3 nitrogen and oxygen atoms in total. The Bertz CT molecular complexity index is 159. The molecule has 12 heavy (non-hydrogen) atoms. The van der Waals surface area contributed by atoms with E-state index in [1.165, 1.54) is 20.0 Å². The predicted octanol–water partition coefficient (Wildman–Crippen LogP) is 0.922. The molecule has 0 saturated heterocycles. The van der Waals surface area contributed by atoms with Gasteiger partial charge in [0.25, 0.3) is 0 Å². The molecule has 0 aromatic rings. The molecule has 0 amide bonds. The van der Waals surface area contributed by atoms with Crippen molar-refractivity contribution in [3.8, 4) is 0 Å². The molecule has 1 fully saturated rings. The van der Waals surface area contributed by atoms with Gasteiger partial charge in [0.2, 0.25) is 0 Å². The third kappa shape index (κ3) is 3.54. The van der Waals surface area contributed by atoms with E-state index in [2.05, 4.69) is 26.0 Å². The lowest BCUT2D eigenvalue weighted by molar-refractivity contribution is -0.139. The first-order valence-electron chi connectivity index (χ1n) is 4.16. The van der Waals surface area contributed by atoms with E-state index in [0.29, 0.717) is 6.54 Å². The molecule has 1 N–H and O–H groups in total. The van der Waals surface area contributed by atoms with Gasteiger partial charge in [-0.1, -0.05) is 15.9 Å². The van der Waals surface area contributed by atoms with Crippen LogP contribution in [0.2, 0.25) is 0 Å². The van der Waals surface area contributed by atoms with Crippen molar-refractivity contribution in [3.63, 3.8) is 0 Å². The van der Waals surface area contributed by atoms with Gasteiger partial charge in [-0.15, -0.1) is 0 Å². The van der Waals surface area contributed by atoms with Crippen LogP contribution in [0.1, 0.15) is 12.8 Å². The van der Waals surface area contributed by atoms with Gasteiger partial charge in [0.15, 0.2) is 0 Å². The van der Waals surface area contributed by atoms with Crippen molar-refractivity contribution in [1.82, 2.24) is 5.32 Å². The number of hydrogen-bond acceptors (Lipinski definition) is 3. The van der Waals surface area contributed by atoms with E-state index < -0.39 is 0 Å². The van der Waals surface area contributed by atoms with Gasteiger partial charge in [0.1, 0.15) is 4.83 Å². The lowest BCUT2D eigenvalue weighted by Crippen LogP contribution is -2.30. The van der Waals surface area contributed by atoms with Gasteiger partial charge in [-0.2, -0.15) is 0 Å². The van der Waals surface area contributed by atoms with Crippen LogP contribution in [0.4, 0.5) is 0 Å². The maximum Gasteiger partial charge on any atom is 0.320 e. The molecule has 1 aliphatic rings. The molecule has 70 valence electrons. The SMILES string of the molecule is COC(=O)C(Br)CNCC1CC1. The highest BCUT2D eigenvalue weighted by Gasteiger charge is 2.21. The fourth-order valence-corrected chi connectivity index (χ4v) is 1.36. The third-order valence-electron chi connectivity index (χ3n) is 1.91. The maximum absolute atomic E-state index is 10.9. The number of alkyl halides is 1. The molecule has 1 atom stereocenters. The number of ether oxygens (including phenoxy) is 1. The van der Waals surface area contributed by atoms with E-state index >= 15 is 0 Å². The number of carbonyl (C=O) groups is 1. The zero-order chi connectivity index (χ0) is 8.97. The van der Waals surface area contributed by atoms with Crippen molar-refractivity contribution in [2.45, 2.75) is 17.7 Å². The second kappa shape index (κ2) is 4.82. The molecule has 0 aliphatic heterocycles. The van der Waals surface area contributed by atoms with Gasteiger partial charge in [-0.3, -0.25) is 4.79 Å². The van der Waals surface area contributed by atoms with E-state index in [9.17, 15) is 4.79 Å². The second-order valence-electron chi connectivity index (χ2n) is 3.09. The minimum atomic E-state index is -0.210. The first kappa shape index (κ1) is 9.99. The van der Waals surface area contributed by atoms with Crippen LogP contribution in [0, 0.1) is 5.92 Å². The van der Waals surface area contributed by atoms with Crippen LogP contribution in [0.3, 0.4) is 0 Å². The average Bonchev–Trinajstić information content (AvgIpc) is 2.86. The Balaban J connectivity index is 2.00. The molecule has 0 radical (unpaired) electrons. The van der Waals surface area contributed by atoms with Crippen molar-refractivity contribution in [3.05, 3.63) is 0 Å². The summed E-state index contributed by atoms with van der Waals surface area (Å²) in [4.78, 5) is 10.7. The van der Waals surface area contributed by atoms with Crippen LogP contribution < -0.4 is 5.32 Å². The van der Waals surface area contributed by atoms with Crippen molar-refractivity contribution in [2.24, 2.45) is 5.92 Å². The number of esters is 1. The highest BCUT2D eigenvalue weighted by molar-refractivity contribution is 9.10. The summed E-state index contributed by atoms with van der Waals surface area (Å²) in [7, 11) is 1.40. The number of nitrogens with one attached hydrogen (secondary N) is 1. The topological polar surface area (TPSA) is 38.3 Å². The van der Waals surface area contributed by atoms with Crippen molar-refractivity contribution >= 4 is 21.9 Å². The lowest BCUT2D eigenvalue weighted by Gasteiger charge is -2.07. The molecule has 0 heterocycles. The Morgan fingerprint density at radius 3 is 2.92 bits per heavy atom. The van der Waals surface area contributed by atoms with Gasteiger partial charge in [0, 0.05) is 6.54 Å². The molecule has 1 rings (SSSR count). The largest absolute Gasteiger partial charge is 0.468 e. The Morgan fingerprint density at radius 1 is 1.75 bits per heavy atom. The van der Waals surface area contributed by atoms with Crippen LogP contribution in [0.25, 0.3) is 0 Å². The fourth-order valence-electron chi connectivity index (χ4n) is 0.947. The summed E-state index contributed by atoms with van der Waals surface area (Å²) in [6.45, 7) is 1.68. The average molecular weight is 236 g/mol. The van der Waals surface area contributed by atoms with Crippen LogP contribution in [0.15, 0.2) is 0 Å². The zero-order valence-corrected chi connectivity index (χ0v) is 8.76. The second-order valence-corrected chi connectivity index (χ2v) is 4.20. The highest BCUT2D eigenvalue weighted by atomic mass is 79.9. The number of carbonyl (C=O) groups excluding carboxylic acids is 1. The standard InChI is InChI=1S/C8H14BrNO2/c1-12-8(11)7(9)5-10-4-6-2-3-6/h6-7,10H,2-5H2,1H3. The monoisotopic (exact) mass is 235 g/mol. The number of rotatable bonds is 5. The third-order valence-corrected chi connectivity index (χ3v) is 2.61. The van der Waals surface area contributed by atoms with E-state index in [1.807, 2.05) is 0 Å². The van der Waals surface area contributed by atoms with Gasteiger partial charge in [0.05, 0.1) is 7.11 Å². The molecule has 0 bridgehead atoms. The first-order valence-corrected chi connectivity index (χ1v) is 5.08. The summed E-state index contributed by atoms with van der Waals surface area (Å²) < 4.78 is 4.56. The zero-order valence-electron chi connectivity index (χ0n) is 7.18. The minimum absolute atomic E-state index is 0.207. The first-order chi connectivity index (χ1) is 5.74. The molecule has 1 saturated carbocycles. The van der Waals surface area contributed by atoms with E-state index in [4.69, 9.17) is 0 Å². The van der Waals surface area contributed by atoms with E-state index in [1.54, 1.807) is 0 Å². The molecular formula is C8H14BrNO2. The minimum Gasteiger partial charge on any atom is -0.468 e. The van der Waals surface area contributed by atoms with E-state index in [0.717, 1.165) is 12.5 Å². The summed E-state index contributed by atoms with van der Waals surface area (Å²) in [5, 5.41) is 3.21. The maximum atomic E-state index is 10.9. The van der Waals surface area contributed by atoms with Crippen molar-refractivity contribution in [2.75, 3.05) is 20.2 Å². The molecule has 1 unspecified atom stereocenters. The Morgan fingerprint density at radius 2 is 2.42 bits per heavy atom. The summed E-state index contributed by atoms with van der Waals surface area (Å²) >= 11 is 3.24. The Kier molecular flexibility index (Phi) is 4.01. The smallest absolute Gasteiger partial charge is 0.320 e. The van der Waals surface area contributed by atoms with Crippen LogP contribution >= 0.6 is 15.9 Å². The molecule has 4 heteroatoms. The summed E-state index contributed by atoms with van der Waals surface area (Å²) in [6, 6.07) is 0. The van der Waals surface area contributed by atoms with Crippen molar-refractivity contribution < 1.29 is 9.53 Å². The van der Waals surface area contributed by atoms with Gasteiger partial charge in [-0.25, -0.2) is 0 Å². The van der Waals surface area contributed by atoms with Crippen LogP contribution in [-0.2, 0) is 9.53 Å². The Hall–Kier alpha value is -0.0900. The molecular weight excluding hydrogens is 222 g/mol. The van der Waals surface area contributed by atoms with Crippen molar-refractivity contribution in [1.29, 1.82) is 0 Å². The van der Waals surface area contributed by atoms with E-state index in [-0.39, 0.29) is 10.8 Å². The number of methoxy groups -OCH3 is 1. The number of halogens is 1. The van der Waals surface area contributed by atoms with Gasteiger partial charge < -0.3 is 10.1 Å².